The summed E-state index contributed by atoms with van der Waals surface area (Å²) in [5, 5.41) is 3.58. The molecular formula is C12H27NS. The first-order valence-electron chi connectivity index (χ1n) is 5.73. The molecule has 0 aromatic heterocycles. The molecule has 86 valence electrons. The van der Waals surface area contributed by atoms with Crippen LogP contribution in [0.2, 0.25) is 0 Å². The molecule has 0 saturated carbocycles. The van der Waals surface area contributed by atoms with Gasteiger partial charge in [0, 0.05) is 6.54 Å². The van der Waals surface area contributed by atoms with Gasteiger partial charge >= 0.3 is 0 Å². The summed E-state index contributed by atoms with van der Waals surface area (Å²) in [6.07, 6.45) is 4.80. The van der Waals surface area contributed by atoms with E-state index in [1.165, 1.54) is 25.1 Å². The Kier molecular flexibility index (Phi) is 7.75. The number of hydrogen-bond donors (Lipinski definition) is 1. The molecule has 0 saturated heterocycles. The van der Waals surface area contributed by atoms with Gasteiger partial charge in [-0.25, -0.2) is 0 Å². The van der Waals surface area contributed by atoms with Gasteiger partial charge in [0.05, 0.1) is 0 Å². The Morgan fingerprint density at radius 3 is 2.43 bits per heavy atom. The van der Waals surface area contributed by atoms with Crippen LogP contribution in [0.15, 0.2) is 0 Å². The molecule has 0 spiro atoms. The third kappa shape index (κ3) is 6.72. The van der Waals surface area contributed by atoms with Crippen molar-refractivity contribution in [2.24, 2.45) is 11.3 Å². The Morgan fingerprint density at radius 2 is 2.00 bits per heavy atom. The molecule has 0 radical (unpaired) electrons. The molecule has 0 aromatic carbocycles. The predicted octanol–water partition coefficient (Wildman–Crippen LogP) is 3.40. The number of rotatable bonds is 8. The Bertz CT molecular complexity index is 136. The molecule has 0 aromatic rings. The van der Waals surface area contributed by atoms with Crippen LogP contribution in [0, 0.1) is 11.3 Å². The minimum Gasteiger partial charge on any atom is -0.316 e. The van der Waals surface area contributed by atoms with Crippen molar-refractivity contribution in [1.29, 1.82) is 0 Å². The van der Waals surface area contributed by atoms with Gasteiger partial charge in [-0.15, -0.1) is 0 Å². The second-order valence-electron chi connectivity index (χ2n) is 4.93. The third-order valence-corrected chi connectivity index (χ3v) is 3.48. The lowest BCUT2D eigenvalue weighted by molar-refractivity contribution is 0.279. The molecule has 0 bridgehead atoms. The Hall–Kier alpha value is 0.310. The van der Waals surface area contributed by atoms with E-state index in [-0.39, 0.29) is 0 Å². The lowest BCUT2D eigenvalue weighted by atomic mass is 9.84. The maximum absolute atomic E-state index is 3.58. The standard InChI is InChI=1S/C12H27NS/c1-6-12(4,7-8-14-5)10-13-9-11(2)3/h11,13H,6-10H2,1-5H3. The molecule has 1 nitrogen and oxygen atoms in total. The van der Waals surface area contributed by atoms with E-state index in [0.29, 0.717) is 5.41 Å². The van der Waals surface area contributed by atoms with E-state index in [1.54, 1.807) is 0 Å². The van der Waals surface area contributed by atoms with Gasteiger partial charge in [0.2, 0.25) is 0 Å². The number of nitrogens with one attached hydrogen (secondary N) is 1. The Labute approximate surface area is 94.4 Å². The highest BCUT2D eigenvalue weighted by molar-refractivity contribution is 7.98. The molecule has 1 atom stereocenters. The molecule has 0 aliphatic carbocycles. The van der Waals surface area contributed by atoms with Crippen LogP contribution in [0.3, 0.4) is 0 Å². The first kappa shape index (κ1) is 14.3. The first-order chi connectivity index (χ1) is 6.54. The summed E-state index contributed by atoms with van der Waals surface area (Å²) >= 11 is 1.96. The molecule has 14 heavy (non-hydrogen) atoms. The van der Waals surface area contributed by atoms with Gasteiger partial charge in [-0.3, -0.25) is 0 Å². The van der Waals surface area contributed by atoms with E-state index in [9.17, 15) is 0 Å². The van der Waals surface area contributed by atoms with Crippen LogP contribution in [0.5, 0.6) is 0 Å². The lowest BCUT2D eigenvalue weighted by Gasteiger charge is -2.28. The normalized spacial score (nSPS) is 15.9. The molecule has 0 amide bonds. The number of hydrogen-bond acceptors (Lipinski definition) is 2. The zero-order chi connectivity index (χ0) is 11.0. The summed E-state index contributed by atoms with van der Waals surface area (Å²) in [7, 11) is 0. The van der Waals surface area contributed by atoms with Crippen molar-refractivity contribution in [2.45, 2.75) is 40.5 Å². The fourth-order valence-electron chi connectivity index (χ4n) is 1.40. The predicted molar refractivity (Wildman–Crippen MR) is 69.1 cm³/mol. The molecule has 2 heteroatoms. The largest absolute Gasteiger partial charge is 0.316 e. The maximum Gasteiger partial charge on any atom is 0.000547 e. The van der Waals surface area contributed by atoms with Crippen molar-refractivity contribution in [1.82, 2.24) is 5.32 Å². The Morgan fingerprint density at radius 1 is 1.36 bits per heavy atom. The van der Waals surface area contributed by atoms with Crippen molar-refractivity contribution < 1.29 is 0 Å². The van der Waals surface area contributed by atoms with Gasteiger partial charge in [0.1, 0.15) is 0 Å². The topological polar surface area (TPSA) is 12.0 Å². The summed E-state index contributed by atoms with van der Waals surface area (Å²) in [5.41, 5.74) is 0.498. The fourth-order valence-corrected chi connectivity index (χ4v) is 2.10. The van der Waals surface area contributed by atoms with Crippen molar-refractivity contribution in [2.75, 3.05) is 25.1 Å². The highest BCUT2D eigenvalue weighted by Gasteiger charge is 2.20. The van der Waals surface area contributed by atoms with Crippen LogP contribution in [-0.4, -0.2) is 25.1 Å². The van der Waals surface area contributed by atoms with Crippen molar-refractivity contribution >= 4 is 11.8 Å². The van der Waals surface area contributed by atoms with E-state index in [4.69, 9.17) is 0 Å². The van der Waals surface area contributed by atoms with E-state index in [1.807, 2.05) is 11.8 Å². The van der Waals surface area contributed by atoms with E-state index in [2.05, 4.69) is 39.3 Å². The van der Waals surface area contributed by atoms with Gasteiger partial charge in [0.15, 0.2) is 0 Å². The van der Waals surface area contributed by atoms with Crippen molar-refractivity contribution in [3.8, 4) is 0 Å². The summed E-state index contributed by atoms with van der Waals surface area (Å²) in [6, 6.07) is 0. The molecule has 1 N–H and O–H groups in total. The zero-order valence-corrected chi connectivity index (χ0v) is 11.3. The van der Waals surface area contributed by atoms with Gasteiger partial charge in [-0.05, 0) is 42.7 Å². The third-order valence-electron chi connectivity index (χ3n) is 2.87. The summed E-state index contributed by atoms with van der Waals surface area (Å²) in [6.45, 7) is 11.5. The quantitative estimate of drug-likeness (QED) is 0.669. The summed E-state index contributed by atoms with van der Waals surface area (Å²) < 4.78 is 0. The Balaban J connectivity index is 3.74. The lowest BCUT2D eigenvalue weighted by Crippen LogP contribution is -2.33. The minimum absolute atomic E-state index is 0.498. The average molecular weight is 217 g/mol. The molecule has 0 aliphatic rings. The molecule has 0 fully saturated rings. The summed E-state index contributed by atoms with van der Waals surface area (Å²) in [4.78, 5) is 0. The number of thioether (sulfide) groups is 1. The SMILES string of the molecule is CCC(C)(CCSC)CNCC(C)C. The van der Waals surface area contributed by atoms with Gasteiger partial charge < -0.3 is 5.32 Å². The second-order valence-corrected chi connectivity index (χ2v) is 5.92. The zero-order valence-electron chi connectivity index (χ0n) is 10.5. The maximum atomic E-state index is 3.58. The monoisotopic (exact) mass is 217 g/mol. The second kappa shape index (κ2) is 7.58. The van der Waals surface area contributed by atoms with Gasteiger partial charge in [-0.1, -0.05) is 27.7 Å². The van der Waals surface area contributed by atoms with E-state index >= 15 is 0 Å². The highest BCUT2D eigenvalue weighted by Crippen LogP contribution is 2.26. The van der Waals surface area contributed by atoms with Crippen LogP contribution in [-0.2, 0) is 0 Å². The van der Waals surface area contributed by atoms with Crippen molar-refractivity contribution in [3.63, 3.8) is 0 Å². The highest BCUT2D eigenvalue weighted by atomic mass is 32.2. The van der Waals surface area contributed by atoms with Gasteiger partial charge in [0.25, 0.3) is 0 Å². The van der Waals surface area contributed by atoms with E-state index < -0.39 is 0 Å². The minimum atomic E-state index is 0.498. The average Bonchev–Trinajstić information content (AvgIpc) is 2.14. The molecule has 0 heterocycles. The van der Waals surface area contributed by atoms with Crippen LogP contribution in [0.25, 0.3) is 0 Å². The van der Waals surface area contributed by atoms with Crippen LogP contribution in [0.1, 0.15) is 40.5 Å². The van der Waals surface area contributed by atoms with E-state index in [0.717, 1.165) is 12.5 Å². The van der Waals surface area contributed by atoms with Crippen LogP contribution in [0.4, 0.5) is 0 Å². The smallest absolute Gasteiger partial charge is 0.000547 e. The molecule has 0 rings (SSSR count). The van der Waals surface area contributed by atoms with Crippen LogP contribution < -0.4 is 5.32 Å². The summed E-state index contributed by atoms with van der Waals surface area (Å²) in [5.74, 6) is 2.05. The van der Waals surface area contributed by atoms with Crippen molar-refractivity contribution in [3.05, 3.63) is 0 Å². The molecule has 1 unspecified atom stereocenters. The van der Waals surface area contributed by atoms with Gasteiger partial charge in [-0.2, -0.15) is 11.8 Å². The molecule has 0 aliphatic heterocycles. The van der Waals surface area contributed by atoms with Crippen LogP contribution >= 0.6 is 11.8 Å². The fraction of sp³-hybridized carbons (Fsp3) is 1.00. The first-order valence-corrected chi connectivity index (χ1v) is 7.13. The molecular weight excluding hydrogens is 190 g/mol.